The highest BCUT2D eigenvalue weighted by Gasteiger charge is 2.39. The Morgan fingerprint density at radius 1 is 1.18 bits per heavy atom. The van der Waals surface area contributed by atoms with Gasteiger partial charge in [0.15, 0.2) is 5.88 Å². The van der Waals surface area contributed by atoms with E-state index in [1.54, 1.807) is 25.4 Å². The lowest BCUT2D eigenvalue weighted by Crippen LogP contribution is -2.59. The SMILES string of the molecule is Cn1c(OC2CN(C(=O)N3N=CCC3c3cc(F)cc(F)c3)C2)cccc1=O. The quantitative estimate of drug-likeness (QED) is 0.810. The van der Waals surface area contributed by atoms with Gasteiger partial charge in [-0.05, 0) is 23.8 Å². The lowest BCUT2D eigenvalue weighted by molar-refractivity contribution is 0.0231. The molecule has 2 amide bonds. The molecule has 0 bridgehead atoms. The molecule has 0 spiro atoms. The number of halogens is 2. The Balaban J connectivity index is 1.40. The van der Waals surface area contributed by atoms with Crippen molar-refractivity contribution in [2.24, 2.45) is 12.1 Å². The molecule has 1 saturated heterocycles. The number of amides is 2. The van der Waals surface area contributed by atoms with Gasteiger partial charge in [-0.1, -0.05) is 6.07 Å². The molecule has 0 radical (unpaired) electrons. The van der Waals surface area contributed by atoms with E-state index in [0.717, 1.165) is 6.07 Å². The van der Waals surface area contributed by atoms with Gasteiger partial charge in [0.2, 0.25) is 0 Å². The monoisotopic (exact) mass is 388 g/mol. The van der Waals surface area contributed by atoms with Crippen LogP contribution in [0.4, 0.5) is 13.6 Å². The molecule has 1 atom stereocenters. The van der Waals surface area contributed by atoms with Gasteiger partial charge in [0.25, 0.3) is 5.56 Å². The van der Waals surface area contributed by atoms with E-state index in [1.165, 1.54) is 32.7 Å². The molecule has 9 heteroatoms. The zero-order valence-corrected chi connectivity index (χ0v) is 15.1. The summed E-state index contributed by atoms with van der Waals surface area (Å²) in [5, 5.41) is 5.32. The Kier molecular flexibility index (Phi) is 4.58. The molecule has 1 unspecified atom stereocenters. The molecule has 2 aliphatic rings. The number of hydrogen-bond donors (Lipinski definition) is 0. The maximum absolute atomic E-state index is 13.5. The second kappa shape index (κ2) is 7.06. The van der Waals surface area contributed by atoms with Crippen molar-refractivity contribution in [2.75, 3.05) is 13.1 Å². The first kappa shape index (κ1) is 18.1. The minimum atomic E-state index is -0.694. The topological polar surface area (TPSA) is 67.1 Å². The number of likely N-dealkylation sites (tertiary alicyclic amines) is 1. The van der Waals surface area contributed by atoms with Gasteiger partial charge >= 0.3 is 6.03 Å². The van der Waals surface area contributed by atoms with Crippen LogP contribution in [0.1, 0.15) is 18.0 Å². The van der Waals surface area contributed by atoms with Gasteiger partial charge in [0, 0.05) is 31.8 Å². The largest absolute Gasteiger partial charge is 0.472 e. The number of pyridine rings is 1. The van der Waals surface area contributed by atoms with Crippen molar-refractivity contribution in [3.8, 4) is 5.88 Å². The molecule has 2 aliphatic heterocycles. The van der Waals surface area contributed by atoms with Crippen molar-refractivity contribution in [3.05, 3.63) is 63.9 Å². The Morgan fingerprint density at radius 2 is 1.89 bits per heavy atom. The van der Waals surface area contributed by atoms with E-state index in [4.69, 9.17) is 4.74 Å². The van der Waals surface area contributed by atoms with E-state index < -0.39 is 17.7 Å². The highest BCUT2D eigenvalue weighted by molar-refractivity contribution is 5.79. The number of hydrogen-bond acceptors (Lipinski definition) is 4. The van der Waals surface area contributed by atoms with Gasteiger partial charge in [-0.2, -0.15) is 5.10 Å². The summed E-state index contributed by atoms with van der Waals surface area (Å²) in [5.74, 6) is -0.961. The van der Waals surface area contributed by atoms with E-state index in [0.29, 0.717) is 31.0 Å². The molecule has 1 fully saturated rings. The summed E-state index contributed by atoms with van der Waals surface area (Å²) in [6.07, 6.45) is 1.70. The predicted molar refractivity (Wildman–Crippen MR) is 97.1 cm³/mol. The summed E-state index contributed by atoms with van der Waals surface area (Å²) in [5.41, 5.74) is 0.178. The number of benzene rings is 1. The van der Waals surface area contributed by atoms with Crippen LogP contribution in [0.2, 0.25) is 0 Å². The number of hydrazone groups is 1. The van der Waals surface area contributed by atoms with Crippen LogP contribution < -0.4 is 10.3 Å². The maximum atomic E-state index is 13.5. The minimum absolute atomic E-state index is 0.179. The van der Waals surface area contributed by atoms with Crippen LogP contribution >= 0.6 is 0 Å². The Hall–Kier alpha value is -3.23. The summed E-state index contributed by atoms with van der Waals surface area (Å²) >= 11 is 0. The minimum Gasteiger partial charge on any atom is -0.472 e. The van der Waals surface area contributed by atoms with Crippen molar-refractivity contribution >= 4 is 12.2 Å². The van der Waals surface area contributed by atoms with Crippen molar-refractivity contribution in [1.29, 1.82) is 0 Å². The predicted octanol–water partition coefficient (Wildman–Crippen LogP) is 2.28. The molecule has 146 valence electrons. The first-order valence-electron chi connectivity index (χ1n) is 8.81. The maximum Gasteiger partial charge on any atom is 0.341 e. The lowest BCUT2D eigenvalue weighted by atomic mass is 10.0. The molecule has 4 rings (SSSR count). The number of ether oxygens (including phenoxy) is 1. The van der Waals surface area contributed by atoms with E-state index in [9.17, 15) is 18.4 Å². The zero-order valence-electron chi connectivity index (χ0n) is 15.1. The van der Waals surface area contributed by atoms with Gasteiger partial charge in [0.05, 0.1) is 19.1 Å². The molecule has 0 N–H and O–H groups in total. The Morgan fingerprint density at radius 3 is 2.61 bits per heavy atom. The average Bonchev–Trinajstić information content (AvgIpc) is 3.09. The van der Waals surface area contributed by atoms with Crippen LogP contribution in [-0.2, 0) is 7.05 Å². The van der Waals surface area contributed by atoms with Gasteiger partial charge in [0.1, 0.15) is 17.7 Å². The fourth-order valence-electron chi connectivity index (χ4n) is 3.29. The van der Waals surface area contributed by atoms with Gasteiger partial charge in [-0.15, -0.1) is 0 Å². The van der Waals surface area contributed by atoms with E-state index in [-0.39, 0.29) is 17.7 Å². The molecule has 1 aromatic carbocycles. The van der Waals surface area contributed by atoms with E-state index in [1.807, 2.05) is 0 Å². The second-order valence-corrected chi connectivity index (χ2v) is 6.79. The fraction of sp³-hybridized carbons (Fsp3) is 0.316. The smallest absolute Gasteiger partial charge is 0.341 e. The van der Waals surface area contributed by atoms with Gasteiger partial charge in [-0.3, -0.25) is 9.36 Å². The fourth-order valence-corrected chi connectivity index (χ4v) is 3.29. The molecular formula is C19H18F2N4O3. The molecular weight excluding hydrogens is 370 g/mol. The van der Waals surface area contributed by atoms with Crippen LogP contribution in [0, 0.1) is 11.6 Å². The molecule has 1 aromatic heterocycles. The second-order valence-electron chi connectivity index (χ2n) is 6.79. The summed E-state index contributed by atoms with van der Waals surface area (Å²) in [6.45, 7) is 0.663. The summed E-state index contributed by atoms with van der Waals surface area (Å²) < 4.78 is 34.2. The molecule has 0 saturated carbocycles. The number of nitrogens with zero attached hydrogens (tertiary/aromatic N) is 4. The van der Waals surface area contributed by atoms with Crippen molar-refractivity contribution < 1.29 is 18.3 Å². The van der Waals surface area contributed by atoms with Gasteiger partial charge in [-0.25, -0.2) is 18.6 Å². The number of rotatable bonds is 3. The number of urea groups is 1. The van der Waals surface area contributed by atoms with Crippen LogP contribution in [0.15, 0.2) is 46.3 Å². The van der Waals surface area contributed by atoms with E-state index in [2.05, 4.69) is 5.10 Å². The first-order valence-corrected chi connectivity index (χ1v) is 8.81. The number of aromatic nitrogens is 1. The average molecular weight is 388 g/mol. The lowest BCUT2D eigenvalue weighted by Gasteiger charge is -2.41. The Bertz CT molecular complexity index is 981. The number of carbonyl (C=O) groups is 1. The molecule has 3 heterocycles. The van der Waals surface area contributed by atoms with Crippen LogP contribution in [0.5, 0.6) is 5.88 Å². The molecule has 7 nitrogen and oxygen atoms in total. The van der Waals surface area contributed by atoms with E-state index >= 15 is 0 Å². The third-order valence-corrected chi connectivity index (χ3v) is 4.84. The third kappa shape index (κ3) is 3.35. The van der Waals surface area contributed by atoms with Gasteiger partial charge < -0.3 is 9.64 Å². The normalized spacial score (nSPS) is 19.0. The highest BCUT2D eigenvalue weighted by atomic mass is 19.1. The first-order chi connectivity index (χ1) is 13.4. The summed E-state index contributed by atoms with van der Waals surface area (Å²) in [7, 11) is 1.61. The number of carbonyl (C=O) groups excluding carboxylic acids is 1. The van der Waals surface area contributed by atoms with Crippen LogP contribution in [0.25, 0.3) is 0 Å². The zero-order chi connectivity index (χ0) is 19.8. The van der Waals surface area contributed by atoms with Crippen molar-refractivity contribution in [2.45, 2.75) is 18.6 Å². The van der Waals surface area contributed by atoms with Crippen molar-refractivity contribution in [3.63, 3.8) is 0 Å². The van der Waals surface area contributed by atoms with Crippen LogP contribution in [0.3, 0.4) is 0 Å². The standard InChI is InChI=1S/C19H18F2N4O3/c1-23-17(26)3-2-4-18(23)28-15-10-24(11-15)19(27)25-16(5-6-22-25)12-7-13(20)9-14(21)8-12/h2-4,6-9,15-16H,5,10-11H2,1H3. The third-order valence-electron chi connectivity index (χ3n) is 4.84. The summed E-state index contributed by atoms with van der Waals surface area (Å²) in [4.78, 5) is 25.9. The highest BCUT2D eigenvalue weighted by Crippen LogP contribution is 2.31. The van der Waals surface area contributed by atoms with Crippen molar-refractivity contribution in [1.82, 2.24) is 14.5 Å². The molecule has 0 aliphatic carbocycles. The summed E-state index contributed by atoms with van der Waals surface area (Å²) in [6, 6.07) is 7.04. The Labute approximate surface area is 159 Å². The van der Waals surface area contributed by atoms with Crippen LogP contribution in [-0.4, -0.2) is 45.9 Å². The molecule has 2 aromatic rings. The molecule has 28 heavy (non-hydrogen) atoms.